The average molecular weight is 211 g/mol. The zero-order chi connectivity index (χ0) is 11.0. The summed E-state index contributed by atoms with van der Waals surface area (Å²) in [5.74, 6) is 0. The standard InChI is InChI=1S/C12H9N3O/c16-12-8-9(1-3-14-12)10-2-5-15-6-4-13-11(15)7-10/h1-8H,(H,14,16). The summed E-state index contributed by atoms with van der Waals surface area (Å²) >= 11 is 0. The highest BCUT2D eigenvalue weighted by molar-refractivity contribution is 5.66. The smallest absolute Gasteiger partial charge is 0.248 e. The molecule has 4 nitrogen and oxygen atoms in total. The zero-order valence-electron chi connectivity index (χ0n) is 8.42. The monoisotopic (exact) mass is 211 g/mol. The molecule has 0 bridgehead atoms. The van der Waals surface area contributed by atoms with Crippen molar-refractivity contribution in [2.75, 3.05) is 0 Å². The first kappa shape index (κ1) is 8.91. The Hall–Kier alpha value is -2.36. The number of imidazole rings is 1. The van der Waals surface area contributed by atoms with E-state index in [9.17, 15) is 4.79 Å². The molecule has 0 radical (unpaired) electrons. The second kappa shape index (κ2) is 3.34. The third-order valence-corrected chi connectivity index (χ3v) is 2.51. The van der Waals surface area contributed by atoms with Crippen molar-refractivity contribution in [3.05, 3.63) is 59.4 Å². The maximum atomic E-state index is 11.2. The molecule has 0 atom stereocenters. The highest BCUT2D eigenvalue weighted by atomic mass is 16.1. The van der Waals surface area contributed by atoms with Crippen LogP contribution in [0.25, 0.3) is 16.8 Å². The molecule has 0 aliphatic rings. The maximum Gasteiger partial charge on any atom is 0.248 e. The number of hydrogen-bond acceptors (Lipinski definition) is 2. The van der Waals surface area contributed by atoms with E-state index in [0.717, 1.165) is 16.8 Å². The van der Waals surface area contributed by atoms with Gasteiger partial charge in [-0.15, -0.1) is 0 Å². The van der Waals surface area contributed by atoms with Crippen molar-refractivity contribution in [2.24, 2.45) is 0 Å². The number of nitrogens with zero attached hydrogens (tertiary/aromatic N) is 2. The van der Waals surface area contributed by atoms with Crippen molar-refractivity contribution in [3.8, 4) is 11.1 Å². The minimum atomic E-state index is -0.0966. The van der Waals surface area contributed by atoms with E-state index < -0.39 is 0 Å². The van der Waals surface area contributed by atoms with Gasteiger partial charge in [0.15, 0.2) is 0 Å². The number of aromatic amines is 1. The van der Waals surface area contributed by atoms with Crippen molar-refractivity contribution in [3.63, 3.8) is 0 Å². The quantitative estimate of drug-likeness (QED) is 0.665. The van der Waals surface area contributed by atoms with Crippen LogP contribution in [0.15, 0.2) is 53.8 Å². The predicted molar refractivity (Wildman–Crippen MR) is 61.2 cm³/mol. The molecule has 0 aromatic carbocycles. The van der Waals surface area contributed by atoms with Crippen LogP contribution in [0.3, 0.4) is 0 Å². The maximum absolute atomic E-state index is 11.2. The molecule has 0 unspecified atom stereocenters. The summed E-state index contributed by atoms with van der Waals surface area (Å²) < 4.78 is 1.93. The van der Waals surface area contributed by atoms with Gasteiger partial charge in [0.05, 0.1) is 0 Å². The first-order valence-corrected chi connectivity index (χ1v) is 4.95. The lowest BCUT2D eigenvalue weighted by Crippen LogP contribution is -2.02. The van der Waals surface area contributed by atoms with Gasteiger partial charge in [0.25, 0.3) is 0 Å². The lowest BCUT2D eigenvalue weighted by atomic mass is 10.1. The van der Waals surface area contributed by atoms with Crippen molar-refractivity contribution in [2.45, 2.75) is 0 Å². The minimum Gasteiger partial charge on any atom is -0.329 e. The number of hydrogen-bond donors (Lipinski definition) is 1. The Morgan fingerprint density at radius 1 is 1.12 bits per heavy atom. The third kappa shape index (κ3) is 1.40. The molecule has 3 rings (SSSR count). The van der Waals surface area contributed by atoms with Crippen LogP contribution in [-0.4, -0.2) is 14.4 Å². The molecule has 3 heterocycles. The highest BCUT2D eigenvalue weighted by Crippen LogP contribution is 2.18. The number of fused-ring (bicyclic) bond motifs is 1. The number of H-pyrrole nitrogens is 1. The number of rotatable bonds is 1. The van der Waals surface area contributed by atoms with E-state index in [0.29, 0.717) is 0 Å². The first-order chi connectivity index (χ1) is 7.83. The molecule has 0 spiro atoms. The van der Waals surface area contributed by atoms with Gasteiger partial charge in [-0.3, -0.25) is 4.79 Å². The van der Waals surface area contributed by atoms with Crippen LogP contribution >= 0.6 is 0 Å². The van der Waals surface area contributed by atoms with Gasteiger partial charge < -0.3 is 9.38 Å². The van der Waals surface area contributed by atoms with E-state index in [1.165, 1.54) is 0 Å². The van der Waals surface area contributed by atoms with Crippen LogP contribution in [0.4, 0.5) is 0 Å². The summed E-state index contributed by atoms with van der Waals surface area (Å²) in [4.78, 5) is 18.0. The van der Waals surface area contributed by atoms with Crippen LogP contribution in [0.5, 0.6) is 0 Å². The Balaban J connectivity index is 2.21. The molecular formula is C12H9N3O. The van der Waals surface area contributed by atoms with E-state index in [1.54, 1.807) is 18.5 Å². The van der Waals surface area contributed by atoms with Crippen molar-refractivity contribution in [1.82, 2.24) is 14.4 Å². The molecular weight excluding hydrogens is 202 g/mol. The summed E-state index contributed by atoms with van der Waals surface area (Å²) in [6, 6.07) is 7.36. The number of nitrogens with one attached hydrogen (secondary N) is 1. The molecule has 0 saturated heterocycles. The fourth-order valence-electron chi connectivity index (χ4n) is 1.71. The minimum absolute atomic E-state index is 0.0966. The van der Waals surface area contributed by atoms with Gasteiger partial charge >= 0.3 is 0 Å². The van der Waals surface area contributed by atoms with Gasteiger partial charge in [-0.05, 0) is 29.3 Å². The molecule has 3 aromatic heterocycles. The van der Waals surface area contributed by atoms with E-state index in [4.69, 9.17) is 0 Å². The summed E-state index contributed by atoms with van der Waals surface area (Å²) in [6.07, 6.45) is 7.21. The Kier molecular flexibility index (Phi) is 1.86. The average Bonchev–Trinajstić information content (AvgIpc) is 2.75. The Morgan fingerprint density at radius 3 is 2.88 bits per heavy atom. The van der Waals surface area contributed by atoms with Crippen LogP contribution < -0.4 is 5.56 Å². The largest absolute Gasteiger partial charge is 0.329 e. The molecule has 4 heteroatoms. The Labute approximate surface area is 91.2 Å². The summed E-state index contributed by atoms with van der Waals surface area (Å²) in [5, 5.41) is 0. The second-order valence-corrected chi connectivity index (χ2v) is 3.55. The number of aromatic nitrogens is 3. The zero-order valence-corrected chi connectivity index (χ0v) is 8.42. The van der Waals surface area contributed by atoms with Crippen LogP contribution in [0.1, 0.15) is 0 Å². The van der Waals surface area contributed by atoms with Gasteiger partial charge in [-0.1, -0.05) is 0 Å². The normalized spacial score (nSPS) is 10.8. The summed E-state index contributed by atoms with van der Waals surface area (Å²) in [6.45, 7) is 0. The van der Waals surface area contributed by atoms with Crippen molar-refractivity contribution < 1.29 is 0 Å². The van der Waals surface area contributed by atoms with Gasteiger partial charge in [0.2, 0.25) is 5.56 Å². The van der Waals surface area contributed by atoms with E-state index in [-0.39, 0.29) is 5.56 Å². The van der Waals surface area contributed by atoms with Gasteiger partial charge in [-0.2, -0.15) is 0 Å². The lowest BCUT2D eigenvalue weighted by Gasteiger charge is -2.01. The SMILES string of the molecule is O=c1cc(-c2ccn3ccnc3c2)cc[nH]1. The van der Waals surface area contributed by atoms with E-state index in [2.05, 4.69) is 9.97 Å². The lowest BCUT2D eigenvalue weighted by molar-refractivity contribution is 1.18. The van der Waals surface area contributed by atoms with Crippen LogP contribution in [0.2, 0.25) is 0 Å². The molecule has 1 N–H and O–H groups in total. The second-order valence-electron chi connectivity index (χ2n) is 3.55. The third-order valence-electron chi connectivity index (χ3n) is 2.51. The summed E-state index contributed by atoms with van der Waals surface area (Å²) in [7, 11) is 0. The fourth-order valence-corrected chi connectivity index (χ4v) is 1.71. The molecule has 0 amide bonds. The Bertz CT molecular complexity index is 696. The van der Waals surface area contributed by atoms with Gasteiger partial charge in [-0.25, -0.2) is 4.98 Å². The molecule has 0 aliphatic heterocycles. The van der Waals surface area contributed by atoms with Crippen LogP contribution in [-0.2, 0) is 0 Å². The molecule has 16 heavy (non-hydrogen) atoms. The van der Waals surface area contributed by atoms with Gasteiger partial charge in [0, 0.05) is 30.9 Å². The fraction of sp³-hybridized carbons (Fsp3) is 0. The molecule has 0 fully saturated rings. The molecule has 78 valence electrons. The van der Waals surface area contributed by atoms with Crippen molar-refractivity contribution >= 4 is 5.65 Å². The van der Waals surface area contributed by atoms with E-state index in [1.807, 2.05) is 35.0 Å². The molecule has 3 aromatic rings. The predicted octanol–water partition coefficient (Wildman–Crippen LogP) is 1.69. The first-order valence-electron chi connectivity index (χ1n) is 4.95. The van der Waals surface area contributed by atoms with Crippen LogP contribution in [0, 0.1) is 0 Å². The summed E-state index contributed by atoms with van der Waals surface area (Å²) in [5.41, 5.74) is 2.66. The molecule has 0 saturated carbocycles. The topological polar surface area (TPSA) is 50.2 Å². The van der Waals surface area contributed by atoms with Gasteiger partial charge in [0.1, 0.15) is 5.65 Å². The molecule has 0 aliphatic carbocycles. The van der Waals surface area contributed by atoms with Crippen molar-refractivity contribution in [1.29, 1.82) is 0 Å². The highest BCUT2D eigenvalue weighted by Gasteiger charge is 2.00. The Morgan fingerprint density at radius 2 is 2.00 bits per heavy atom. The number of pyridine rings is 2. The van der Waals surface area contributed by atoms with E-state index >= 15 is 0 Å².